The molecule has 1 aliphatic rings. The normalized spacial score (nSPS) is 20.7. The van der Waals surface area contributed by atoms with E-state index in [1.165, 1.54) is 0 Å². The summed E-state index contributed by atoms with van der Waals surface area (Å²) in [5, 5.41) is 7.10. The minimum Gasteiger partial charge on any atom is -0.497 e. The molecule has 1 fully saturated rings. The molecular weight excluding hydrogens is 324 g/mol. The van der Waals surface area contributed by atoms with Gasteiger partial charge in [0.2, 0.25) is 0 Å². The maximum Gasteiger partial charge on any atom is 0.322 e. The number of rotatable bonds is 3. The van der Waals surface area contributed by atoms with Gasteiger partial charge in [-0.15, -0.1) is 0 Å². The van der Waals surface area contributed by atoms with Gasteiger partial charge in [0.05, 0.1) is 19.8 Å². The van der Waals surface area contributed by atoms with Gasteiger partial charge in [0.1, 0.15) is 11.9 Å². The Labute approximate surface area is 146 Å². The van der Waals surface area contributed by atoms with Crippen LogP contribution >= 0.6 is 11.3 Å². The van der Waals surface area contributed by atoms with Gasteiger partial charge in [0, 0.05) is 18.3 Å². The first-order valence-corrected chi connectivity index (χ1v) is 8.89. The van der Waals surface area contributed by atoms with Crippen LogP contribution in [0.3, 0.4) is 0 Å². The number of carbonyl (C=O) groups is 1. The standard InChI is InChI=1S/C18H22N2O3S/c1-12-4-5-15(22-3)8-16(12)19-18(21)20-9-13(2)23-17(10-20)14-6-7-24-11-14/h4-8,11,13,17H,9-10H2,1-3H3,(H,19,21). The fraction of sp³-hybridized carbons (Fsp3) is 0.389. The smallest absolute Gasteiger partial charge is 0.322 e. The van der Waals surface area contributed by atoms with E-state index in [0.29, 0.717) is 13.1 Å². The van der Waals surface area contributed by atoms with Crippen LogP contribution in [0.5, 0.6) is 5.75 Å². The third-order valence-electron chi connectivity index (χ3n) is 4.15. The molecule has 1 aliphatic heterocycles. The maximum atomic E-state index is 12.7. The highest BCUT2D eigenvalue weighted by atomic mass is 32.1. The van der Waals surface area contributed by atoms with E-state index >= 15 is 0 Å². The quantitative estimate of drug-likeness (QED) is 0.912. The van der Waals surface area contributed by atoms with E-state index in [0.717, 1.165) is 22.6 Å². The van der Waals surface area contributed by atoms with E-state index in [1.807, 2.05) is 42.3 Å². The van der Waals surface area contributed by atoms with Gasteiger partial charge in [-0.3, -0.25) is 0 Å². The zero-order valence-corrected chi connectivity index (χ0v) is 14.9. The second-order valence-electron chi connectivity index (χ2n) is 6.01. The first-order chi connectivity index (χ1) is 11.6. The molecule has 2 unspecified atom stereocenters. The van der Waals surface area contributed by atoms with Crippen molar-refractivity contribution in [2.45, 2.75) is 26.1 Å². The van der Waals surface area contributed by atoms with Gasteiger partial charge >= 0.3 is 6.03 Å². The lowest BCUT2D eigenvalue weighted by Gasteiger charge is -2.36. The van der Waals surface area contributed by atoms with E-state index in [9.17, 15) is 4.79 Å². The third-order valence-corrected chi connectivity index (χ3v) is 4.85. The number of nitrogens with one attached hydrogen (secondary N) is 1. The van der Waals surface area contributed by atoms with Crippen LogP contribution in [0.4, 0.5) is 10.5 Å². The number of amides is 2. The lowest BCUT2D eigenvalue weighted by Crippen LogP contribution is -2.47. The molecule has 0 saturated carbocycles. The van der Waals surface area contributed by atoms with Crippen LogP contribution in [0.25, 0.3) is 0 Å². The molecule has 2 heterocycles. The summed E-state index contributed by atoms with van der Waals surface area (Å²) < 4.78 is 11.2. The molecule has 2 amide bonds. The second kappa shape index (κ2) is 7.23. The maximum absolute atomic E-state index is 12.7. The minimum absolute atomic E-state index is 0.000747. The van der Waals surface area contributed by atoms with Gasteiger partial charge in [-0.25, -0.2) is 4.79 Å². The third kappa shape index (κ3) is 3.71. The van der Waals surface area contributed by atoms with Gasteiger partial charge in [0.25, 0.3) is 0 Å². The average Bonchev–Trinajstić information content (AvgIpc) is 3.11. The zero-order valence-electron chi connectivity index (χ0n) is 14.1. The van der Waals surface area contributed by atoms with Crippen molar-refractivity contribution in [3.63, 3.8) is 0 Å². The number of morpholine rings is 1. The predicted octanol–water partition coefficient (Wildman–Crippen LogP) is 4.06. The van der Waals surface area contributed by atoms with Crippen molar-refractivity contribution in [3.8, 4) is 5.75 Å². The number of hydrogen-bond donors (Lipinski definition) is 1. The van der Waals surface area contributed by atoms with E-state index in [-0.39, 0.29) is 18.2 Å². The number of thiophene rings is 1. The van der Waals surface area contributed by atoms with Crippen molar-refractivity contribution in [2.75, 3.05) is 25.5 Å². The number of ether oxygens (including phenoxy) is 2. The average molecular weight is 346 g/mol. The summed E-state index contributed by atoms with van der Waals surface area (Å²) in [6, 6.07) is 7.60. The lowest BCUT2D eigenvalue weighted by atomic mass is 10.1. The van der Waals surface area contributed by atoms with Crippen LogP contribution < -0.4 is 10.1 Å². The number of anilines is 1. The molecule has 128 valence electrons. The molecule has 5 nitrogen and oxygen atoms in total. The van der Waals surface area contributed by atoms with E-state index in [2.05, 4.69) is 16.8 Å². The molecule has 0 aliphatic carbocycles. The van der Waals surface area contributed by atoms with Crippen LogP contribution in [-0.4, -0.2) is 37.2 Å². The summed E-state index contributed by atoms with van der Waals surface area (Å²) in [5.41, 5.74) is 2.90. The fourth-order valence-electron chi connectivity index (χ4n) is 2.82. The van der Waals surface area contributed by atoms with Crippen molar-refractivity contribution < 1.29 is 14.3 Å². The van der Waals surface area contributed by atoms with Crippen LogP contribution in [0, 0.1) is 6.92 Å². The Bertz CT molecular complexity index is 702. The summed E-state index contributed by atoms with van der Waals surface area (Å²) in [6.07, 6.45) is -0.0713. The Kier molecular flexibility index (Phi) is 5.06. The molecule has 2 atom stereocenters. The highest BCUT2D eigenvalue weighted by Gasteiger charge is 2.29. The van der Waals surface area contributed by atoms with Crippen molar-refractivity contribution in [2.24, 2.45) is 0 Å². The molecular formula is C18H22N2O3S. The van der Waals surface area contributed by atoms with Crippen molar-refractivity contribution in [1.82, 2.24) is 4.90 Å². The highest BCUT2D eigenvalue weighted by Crippen LogP contribution is 2.28. The van der Waals surface area contributed by atoms with Gasteiger partial charge in [-0.05, 0) is 47.9 Å². The Morgan fingerprint density at radius 2 is 2.21 bits per heavy atom. The minimum atomic E-state index is -0.110. The summed E-state index contributed by atoms with van der Waals surface area (Å²) >= 11 is 1.64. The van der Waals surface area contributed by atoms with Gasteiger partial charge in [-0.2, -0.15) is 11.3 Å². The summed E-state index contributed by atoms with van der Waals surface area (Å²) in [7, 11) is 1.62. The van der Waals surface area contributed by atoms with E-state index in [4.69, 9.17) is 9.47 Å². The zero-order chi connectivity index (χ0) is 17.1. The lowest BCUT2D eigenvalue weighted by molar-refractivity contribution is -0.0640. The number of methoxy groups -OCH3 is 1. The molecule has 1 aromatic heterocycles. The number of urea groups is 1. The highest BCUT2D eigenvalue weighted by molar-refractivity contribution is 7.07. The Morgan fingerprint density at radius 1 is 1.38 bits per heavy atom. The number of benzene rings is 1. The molecule has 24 heavy (non-hydrogen) atoms. The van der Waals surface area contributed by atoms with Gasteiger partial charge < -0.3 is 19.7 Å². The first-order valence-electron chi connectivity index (χ1n) is 7.95. The van der Waals surface area contributed by atoms with E-state index in [1.54, 1.807) is 18.4 Å². The molecule has 1 saturated heterocycles. The van der Waals surface area contributed by atoms with Crippen molar-refractivity contribution in [3.05, 3.63) is 46.2 Å². The fourth-order valence-corrected chi connectivity index (χ4v) is 3.52. The second-order valence-corrected chi connectivity index (χ2v) is 6.79. The molecule has 1 aromatic carbocycles. The largest absolute Gasteiger partial charge is 0.497 e. The summed E-state index contributed by atoms with van der Waals surface area (Å²) in [6.45, 7) is 5.09. The summed E-state index contributed by atoms with van der Waals surface area (Å²) in [4.78, 5) is 14.5. The number of aryl methyl sites for hydroxylation is 1. The SMILES string of the molecule is COc1ccc(C)c(NC(=O)N2CC(C)OC(c3ccsc3)C2)c1. The van der Waals surface area contributed by atoms with Crippen LogP contribution in [0.15, 0.2) is 35.0 Å². The number of carbonyl (C=O) groups excluding carboxylic acids is 1. The topological polar surface area (TPSA) is 50.8 Å². The molecule has 0 radical (unpaired) electrons. The Balaban J connectivity index is 1.72. The molecule has 0 bridgehead atoms. The van der Waals surface area contributed by atoms with Gasteiger partial charge in [-0.1, -0.05) is 6.07 Å². The van der Waals surface area contributed by atoms with E-state index < -0.39 is 0 Å². The number of nitrogens with zero attached hydrogens (tertiary/aromatic N) is 1. The van der Waals surface area contributed by atoms with Crippen LogP contribution in [0.1, 0.15) is 24.2 Å². The Morgan fingerprint density at radius 3 is 2.92 bits per heavy atom. The molecule has 6 heteroatoms. The monoisotopic (exact) mass is 346 g/mol. The van der Waals surface area contributed by atoms with Crippen LogP contribution in [0.2, 0.25) is 0 Å². The molecule has 1 N–H and O–H groups in total. The predicted molar refractivity (Wildman–Crippen MR) is 95.9 cm³/mol. The molecule has 0 spiro atoms. The van der Waals surface area contributed by atoms with Gasteiger partial charge in [0.15, 0.2) is 0 Å². The molecule has 3 rings (SSSR count). The molecule has 2 aromatic rings. The summed E-state index contributed by atoms with van der Waals surface area (Å²) in [5.74, 6) is 0.724. The van der Waals surface area contributed by atoms with Crippen molar-refractivity contribution in [1.29, 1.82) is 0 Å². The van der Waals surface area contributed by atoms with Crippen molar-refractivity contribution >= 4 is 23.1 Å². The number of hydrogen-bond acceptors (Lipinski definition) is 4. The Hall–Kier alpha value is -2.05. The first kappa shape index (κ1) is 16.8. The van der Waals surface area contributed by atoms with Crippen LogP contribution in [-0.2, 0) is 4.74 Å².